The molecule has 1 aliphatic carbocycles. The number of carbonyl (C=O) groups excluding carboxylic acids is 1. The first-order valence-electron chi connectivity index (χ1n) is 6.90. The van der Waals surface area contributed by atoms with E-state index in [9.17, 15) is 4.79 Å². The molecule has 0 aromatic carbocycles. The van der Waals surface area contributed by atoms with Crippen LogP contribution in [0.25, 0.3) is 0 Å². The second-order valence-electron chi connectivity index (χ2n) is 6.49. The summed E-state index contributed by atoms with van der Waals surface area (Å²) in [6.45, 7) is 6.28. The topological polar surface area (TPSA) is 23.6 Å². The Kier molecular flexibility index (Phi) is 3.48. The molecule has 2 fully saturated rings. The second kappa shape index (κ2) is 4.60. The standard InChI is InChI=1S/C14H26N2O/c1-11-9-16(10-12(11)15(3)4)13(17)14(2)7-5-6-8-14/h11-12H,5-10H2,1-4H3. The van der Waals surface area contributed by atoms with Crippen molar-refractivity contribution >= 4 is 5.91 Å². The minimum absolute atomic E-state index is 0.0546. The molecular weight excluding hydrogens is 212 g/mol. The summed E-state index contributed by atoms with van der Waals surface area (Å²) < 4.78 is 0. The Balaban J connectivity index is 2.02. The predicted octanol–water partition coefficient (Wildman–Crippen LogP) is 1.98. The van der Waals surface area contributed by atoms with Gasteiger partial charge in [-0.2, -0.15) is 0 Å². The summed E-state index contributed by atoms with van der Waals surface area (Å²) in [7, 11) is 4.23. The van der Waals surface area contributed by atoms with Crippen molar-refractivity contribution in [2.45, 2.75) is 45.6 Å². The SMILES string of the molecule is CC1CN(C(=O)C2(C)CCCC2)CC1N(C)C. The minimum Gasteiger partial charge on any atom is -0.340 e. The molecule has 1 saturated heterocycles. The molecule has 17 heavy (non-hydrogen) atoms. The highest BCUT2D eigenvalue weighted by molar-refractivity contribution is 5.83. The molecule has 3 nitrogen and oxygen atoms in total. The summed E-state index contributed by atoms with van der Waals surface area (Å²) in [4.78, 5) is 17.0. The van der Waals surface area contributed by atoms with Crippen LogP contribution in [0.15, 0.2) is 0 Å². The maximum absolute atomic E-state index is 12.6. The number of amides is 1. The lowest BCUT2D eigenvalue weighted by Gasteiger charge is -2.29. The van der Waals surface area contributed by atoms with Gasteiger partial charge in [0.1, 0.15) is 0 Å². The summed E-state index contributed by atoms with van der Waals surface area (Å²) in [5.41, 5.74) is -0.0546. The number of carbonyl (C=O) groups is 1. The predicted molar refractivity (Wildman–Crippen MR) is 69.8 cm³/mol. The van der Waals surface area contributed by atoms with Crippen molar-refractivity contribution in [1.82, 2.24) is 9.80 Å². The van der Waals surface area contributed by atoms with Gasteiger partial charge in [-0.3, -0.25) is 4.79 Å². The Morgan fingerprint density at radius 3 is 2.29 bits per heavy atom. The van der Waals surface area contributed by atoms with Gasteiger partial charge in [-0.15, -0.1) is 0 Å². The van der Waals surface area contributed by atoms with Crippen molar-refractivity contribution in [2.75, 3.05) is 27.2 Å². The van der Waals surface area contributed by atoms with Gasteiger partial charge in [0.15, 0.2) is 0 Å². The molecule has 0 bridgehead atoms. The summed E-state index contributed by atoms with van der Waals surface area (Å²) in [6, 6.07) is 0.531. The molecule has 1 amide bonds. The van der Waals surface area contributed by atoms with Crippen LogP contribution in [0.4, 0.5) is 0 Å². The Labute approximate surface area is 105 Å². The zero-order valence-corrected chi connectivity index (χ0v) is 11.7. The number of rotatable bonds is 2. The van der Waals surface area contributed by atoms with Gasteiger partial charge in [0.25, 0.3) is 0 Å². The normalized spacial score (nSPS) is 32.4. The van der Waals surface area contributed by atoms with E-state index in [1.165, 1.54) is 12.8 Å². The molecule has 98 valence electrons. The van der Waals surface area contributed by atoms with Crippen LogP contribution in [0.5, 0.6) is 0 Å². The molecule has 0 aromatic rings. The van der Waals surface area contributed by atoms with Gasteiger partial charge in [0.05, 0.1) is 0 Å². The molecule has 0 radical (unpaired) electrons. The molecule has 1 heterocycles. The zero-order valence-electron chi connectivity index (χ0n) is 11.7. The van der Waals surface area contributed by atoms with Gasteiger partial charge in [-0.25, -0.2) is 0 Å². The van der Waals surface area contributed by atoms with Gasteiger partial charge in [0.2, 0.25) is 5.91 Å². The summed E-state index contributed by atoms with van der Waals surface area (Å²) in [5, 5.41) is 0. The Morgan fingerprint density at radius 2 is 1.82 bits per heavy atom. The maximum atomic E-state index is 12.6. The average molecular weight is 238 g/mol. The van der Waals surface area contributed by atoms with E-state index in [4.69, 9.17) is 0 Å². The van der Waals surface area contributed by atoms with E-state index in [2.05, 4.69) is 37.7 Å². The number of likely N-dealkylation sites (N-methyl/N-ethyl adjacent to an activating group) is 1. The highest BCUT2D eigenvalue weighted by Gasteiger charge is 2.43. The molecule has 0 N–H and O–H groups in total. The van der Waals surface area contributed by atoms with Crippen molar-refractivity contribution < 1.29 is 4.79 Å². The molecule has 3 heteroatoms. The zero-order chi connectivity index (χ0) is 12.6. The first kappa shape index (κ1) is 12.9. The van der Waals surface area contributed by atoms with E-state index in [1.807, 2.05) is 0 Å². The third kappa shape index (κ3) is 2.35. The Hall–Kier alpha value is -0.570. The van der Waals surface area contributed by atoms with Crippen LogP contribution in [-0.2, 0) is 4.79 Å². The van der Waals surface area contributed by atoms with Gasteiger partial charge in [0, 0.05) is 24.5 Å². The average Bonchev–Trinajstić information content (AvgIpc) is 2.84. The van der Waals surface area contributed by atoms with Gasteiger partial charge < -0.3 is 9.80 Å². The number of nitrogens with zero attached hydrogens (tertiary/aromatic N) is 2. The third-order valence-electron chi connectivity index (χ3n) is 4.75. The summed E-state index contributed by atoms with van der Waals surface area (Å²) >= 11 is 0. The van der Waals surface area contributed by atoms with Crippen LogP contribution in [0.1, 0.15) is 39.5 Å². The van der Waals surface area contributed by atoms with Crippen molar-refractivity contribution in [2.24, 2.45) is 11.3 Å². The lowest BCUT2D eigenvalue weighted by Crippen LogP contribution is -2.41. The summed E-state index contributed by atoms with van der Waals surface area (Å²) in [5.74, 6) is 1.00. The monoisotopic (exact) mass is 238 g/mol. The summed E-state index contributed by atoms with van der Waals surface area (Å²) in [6.07, 6.45) is 4.62. The van der Waals surface area contributed by atoms with E-state index in [-0.39, 0.29) is 5.41 Å². The van der Waals surface area contributed by atoms with E-state index in [0.717, 1.165) is 25.9 Å². The molecule has 2 aliphatic rings. The smallest absolute Gasteiger partial charge is 0.228 e. The Bertz CT molecular complexity index is 295. The molecule has 2 unspecified atom stereocenters. The molecular formula is C14H26N2O. The largest absolute Gasteiger partial charge is 0.340 e. The first-order chi connectivity index (χ1) is 7.94. The quantitative estimate of drug-likeness (QED) is 0.734. The molecule has 0 spiro atoms. The fraction of sp³-hybridized carbons (Fsp3) is 0.929. The van der Waals surface area contributed by atoms with Crippen LogP contribution < -0.4 is 0 Å². The van der Waals surface area contributed by atoms with Gasteiger partial charge >= 0.3 is 0 Å². The van der Waals surface area contributed by atoms with Crippen LogP contribution in [0, 0.1) is 11.3 Å². The Morgan fingerprint density at radius 1 is 1.24 bits per heavy atom. The second-order valence-corrected chi connectivity index (χ2v) is 6.49. The highest BCUT2D eigenvalue weighted by Crippen LogP contribution is 2.40. The minimum atomic E-state index is -0.0546. The van der Waals surface area contributed by atoms with E-state index >= 15 is 0 Å². The lowest BCUT2D eigenvalue weighted by molar-refractivity contribution is -0.140. The van der Waals surface area contributed by atoms with Crippen molar-refractivity contribution in [3.63, 3.8) is 0 Å². The van der Waals surface area contributed by atoms with Crippen molar-refractivity contribution in [1.29, 1.82) is 0 Å². The maximum Gasteiger partial charge on any atom is 0.228 e. The van der Waals surface area contributed by atoms with E-state index < -0.39 is 0 Å². The molecule has 2 rings (SSSR count). The first-order valence-corrected chi connectivity index (χ1v) is 6.90. The third-order valence-corrected chi connectivity index (χ3v) is 4.75. The number of likely N-dealkylation sites (tertiary alicyclic amines) is 1. The lowest BCUT2D eigenvalue weighted by atomic mass is 9.87. The van der Waals surface area contributed by atoms with Crippen molar-refractivity contribution in [3.8, 4) is 0 Å². The van der Waals surface area contributed by atoms with Crippen LogP contribution >= 0.6 is 0 Å². The van der Waals surface area contributed by atoms with Crippen LogP contribution in [0.2, 0.25) is 0 Å². The number of hydrogen-bond donors (Lipinski definition) is 0. The van der Waals surface area contributed by atoms with Crippen LogP contribution in [0.3, 0.4) is 0 Å². The fourth-order valence-corrected chi connectivity index (χ4v) is 3.54. The fourth-order valence-electron chi connectivity index (χ4n) is 3.54. The van der Waals surface area contributed by atoms with Gasteiger partial charge in [-0.05, 0) is 32.9 Å². The van der Waals surface area contributed by atoms with E-state index in [0.29, 0.717) is 17.9 Å². The highest BCUT2D eigenvalue weighted by atomic mass is 16.2. The molecule has 2 atom stereocenters. The molecule has 1 saturated carbocycles. The molecule has 1 aliphatic heterocycles. The molecule has 0 aromatic heterocycles. The van der Waals surface area contributed by atoms with Crippen molar-refractivity contribution in [3.05, 3.63) is 0 Å². The number of hydrogen-bond acceptors (Lipinski definition) is 2. The van der Waals surface area contributed by atoms with E-state index in [1.54, 1.807) is 0 Å². The van der Waals surface area contributed by atoms with Gasteiger partial charge in [-0.1, -0.05) is 26.7 Å². The van der Waals surface area contributed by atoms with Crippen LogP contribution in [-0.4, -0.2) is 48.9 Å².